The molecule has 0 bridgehead atoms. The number of hydrogen-bond donors (Lipinski definition) is 3. The second-order valence-electron chi connectivity index (χ2n) is 7.26. The molecule has 3 N–H and O–H groups in total. The summed E-state index contributed by atoms with van der Waals surface area (Å²) < 4.78 is 0. The SMILES string of the molecule is CCCNC(=O)N1C[C@H]2[C@@H](c3ccccc31)[C@H](CO)N2C(=O)NC(C)C. The van der Waals surface area contributed by atoms with E-state index in [0.29, 0.717) is 13.1 Å². The van der Waals surface area contributed by atoms with E-state index in [4.69, 9.17) is 0 Å². The minimum atomic E-state index is -0.263. The molecule has 2 aliphatic rings. The van der Waals surface area contributed by atoms with Gasteiger partial charge in [0.2, 0.25) is 0 Å². The van der Waals surface area contributed by atoms with Gasteiger partial charge in [-0.3, -0.25) is 4.90 Å². The Labute approximate surface area is 154 Å². The first-order chi connectivity index (χ1) is 12.5. The molecule has 1 fully saturated rings. The molecular formula is C19H28N4O3. The maximum Gasteiger partial charge on any atom is 0.321 e. The van der Waals surface area contributed by atoms with E-state index in [9.17, 15) is 14.7 Å². The van der Waals surface area contributed by atoms with Crippen LogP contribution in [0.4, 0.5) is 15.3 Å². The lowest BCUT2D eigenvalue weighted by molar-refractivity contribution is -0.00753. The van der Waals surface area contributed by atoms with Crippen molar-refractivity contribution in [3.8, 4) is 0 Å². The smallest absolute Gasteiger partial charge is 0.321 e. The first-order valence-corrected chi connectivity index (χ1v) is 9.33. The van der Waals surface area contributed by atoms with Crippen molar-refractivity contribution in [2.75, 3.05) is 24.6 Å². The number of aliphatic hydroxyl groups is 1. The van der Waals surface area contributed by atoms with E-state index < -0.39 is 0 Å². The average molecular weight is 360 g/mol. The fraction of sp³-hybridized carbons (Fsp3) is 0.579. The largest absolute Gasteiger partial charge is 0.394 e. The van der Waals surface area contributed by atoms with E-state index in [1.807, 2.05) is 45.0 Å². The summed E-state index contributed by atoms with van der Waals surface area (Å²) in [7, 11) is 0. The van der Waals surface area contributed by atoms with Crippen molar-refractivity contribution in [3.05, 3.63) is 29.8 Å². The average Bonchev–Trinajstić information content (AvgIpc) is 2.59. The number of anilines is 1. The number of likely N-dealkylation sites (tertiary alicyclic amines) is 1. The fourth-order valence-corrected chi connectivity index (χ4v) is 4.01. The summed E-state index contributed by atoms with van der Waals surface area (Å²) in [4.78, 5) is 28.7. The third-order valence-corrected chi connectivity index (χ3v) is 5.11. The Bertz CT molecular complexity index is 679. The first kappa shape index (κ1) is 18.5. The second-order valence-corrected chi connectivity index (χ2v) is 7.26. The van der Waals surface area contributed by atoms with Crippen molar-refractivity contribution in [3.63, 3.8) is 0 Å². The van der Waals surface area contributed by atoms with E-state index in [-0.39, 0.29) is 42.7 Å². The summed E-state index contributed by atoms with van der Waals surface area (Å²) in [6, 6.07) is 7.07. The molecule has 4 amide bonds. The van der Waals surface area contributed by atoms with E-state index in [0.717, 1.165) is 17.7 Å². The van der Waals surface area contributed by atoms with E-state index >= 15 is 0 Å². The normalized spacial score (nSPS) is 23.8. The molecule has 1 aromatic rings. The number of rotatable bonds is 4. The molecule has 2 aliphatic heterocycles. The molecule has 1 saturated heterocycles. The Balaban J connectivity index is 1.90. The summed E-state index contributed by atoms with van der Waals surface area (Å²) >= 11 is 0. The van der Waals surface area contributed by atoms with Gasteiger partial charge < -0.3 is 20.6 Å². The number of carbonyl (C=O) groups is 2. The summed E-state index contributed by atoms with van der Waals surface area (Å²) in [6.45, 7) is 6.77. The van der Waals surface area contributed by atoms with Crippen molar-refractivity contribution in [2.24, 2.45) is 0 Å². The number of amides is 4. The number of nitrogens with one attached hydrogen (secondary N) is 2. The van der Waals surface area contributed by atoms with Gasteiger partial charge in [0.15, 0.2) is 0 Å². The minimum absolute atomic E-state index is 0.0146. The topological polar surface area (TPSA) is 84.9 Å². The van der Waals surface area contributed by atoms with Crippen LogP contribution in [-0.4, -0.2) is 59.9 Å². The zero-order valence-electron chi connectivity index (χ0n) is 15.6. The first-order valence-electron chi connectivity index (χ1n) is 9.33. The molecule has 3 rings (SSSR count). The van der Waals surface area contributed by atoms with Crippen LogP contribution >= 0.6 is 0 Å². The molecule has 0 aliphatic carbocycles. The molecule has 0 unspecified atom stereocenters. The Kier molecular flexibility index (Phi) is 5.36. The number of urea groups is 2. The van der Waals surface area contributed by atoms with Gasteiger partial charge in [0.1, 0.15) is 0 Å². The highest BCUT2D eigenvalue weighted by Crippen LogP contribution is 2.48. The lowest BCUT2D eigenvalue weighted by atomic mass is 9.72. The molecule has 142 valence electrons. The van der Waals surface area contributed by atoms with Crippen molar-refractivity contribution in [1.29, 1.82) is 0 Å². The molecule has 0 saturated carbocycles. The Hall–Kier alpha value is -2.28. The van der Waals surface area contributed by atoms with Crippen LogP contribution in [0, 0.1) is 0 Å². The number of para-hydroxylation sites is 1. The molecular weight excluding hydrogens is 332 g/mol. The molecule has 0 aromatic heterocycles. The van der Waals surface area contributed by atoms with Crippen LogP contribution in [0.3, 0.4) is 0 Å². The van der Waals surface area contributed by atoms with Gasteiger partial charge in [-0.1, -0.05) is 25.1 Å². The molecule has 1 aromatic carbocycles. The van der Waals surface area contributed by atoms with Crippen LogP contribution in [0.1, 0.15) is 38.7 Å². The quantitative estimate of drug-likeness (QED) is 0.766. The molecule has 2 heterocycles. The molecule has 0 spiro atoms. The summed E-state index contributed by atoms with van der Waals surface area (Å²) in [5.74, 6) is 0.0457. The van der Waals surface area contributed by atoms with Crippen LogP contribution in [-0.2, 0) is 0 Å². The second kappa shape index (κ2) is 7.53. The van der Waals surface area contributed by atoms with Crippen LogP contribution in [0.5, 0.6) is 0 Å². The number of aliphatic hydroxyl groups excluding tert-OH is 1. The Morgan fingerprint density at radius 1 is 1.27 bits per heavy atom. The summed E-state index contributed by atoms with van der Waals surface area (Å²) in [5.41, 5.74) is 1.88. The molecule has 26 heavy (non-hydrogen) atoms. The molecule has 0 radical (unpaired) electrons. The number of carbonyl (C=O) groups excluding carboxylic acids is 2. The van der Waals surface area contributed by atoms with Gasteiger partial charge in [0, 0.05) is 30.7 Å². The molecule has 3 atom stereocenters. The van der Waals surface area contributed by atoms with Crippen molar-refractivity contribution in [1.82, 2.24) is 15.5 Å². The maximum atomic E-state index is 12.6. The van der Waals surface area contributed by atoms with Crippen molar-refractivity contribution < 1.29 is 14.7 Å². The van der Waals surface area contributed by atoms with Gasteiger partial charge in [0.25, 0.3) is 0 Å². The van der Waals surface area contributed by atoms with E-state index in [1.54, 1.807) is 9.80 Å². The highest BCUT2D eigenvalue weighted by Gasteiger charge is 2.55. The van der Waals surface area contributed by atoms with E-state index in [2.05, 4.69) is 10.6 Å². The Morgan fingerprint density at radius 3 is 2.65 bits per heavy atom. The van der Waals surface area contributed by atoms with Gasteiger partial charge in [-0.15, -0.1) is 0 Å². The number of fused-ring (bicyclic) bond motifs is 3. The van der Waals surface area contributed by atoms with Crippen molar-refractivity contribution >= 4 is 17.7 Å². The summed E-state index contributed by atoms with van der Waals surface area (Å²) in [5, 5.41) is 15.7. The van der Waals surface area contributed by atoms with Crippen LogP contribution in [0.15, 0.2) is 24.3 Å². The summed E-state index contributed by atoms with van der Waals surface area (Å²) in [6.07, 6.45) is 0.864. The number of nitrogens with zero attached hydrogens (tertiary/aromatic N) is 2. The minimum Gasteiger partial charge on any atom is -0.394 e. The lowest BCUT2D eigenvalue weighted by Gasteiger charge is -2.58. The highest BCUT2D eigenvalue weighted by molar-refractivity contribution is 5.94. The molecule has 7 heteroatoms. The van der Waals surface area contributed by atoms with Crippen molar-refractivity contribution in [2.45, 2.75) is 51.2 Å². The number of hydrogen-bond acceptors (Lipinski definition) is 3. The van der Waals surface area contributed by atoms with Gasteiger partial charge in [-0.25, -0.2) is 9.59 Å². The Morgan fingerprint density at radius 2 is 2.00 bits per heavy atom. The van der Waals surface area contributed by atoms with Crippen LogP contribution in [0.2, 0.25) is 0 Å². The van der Waals surface area contributed by atoms with Crippen LogP contribution < -0.4 is 15.5 Å². The zero-order valence-corrected chi connectivity index (χ0v) is 15.6. The fourth-order valence-electron chi connectivity index (χ4n) is 4.01. The third kappa shape index (κ3) is 3.11. The molecule has 7 nitrogen and oxygen atoms in total. The predicted molar refractivity (Wildman–Crippen MR) is 100 cm³/mol. The van der Waals surface area contributed by atoms with Crippen LogP contribution in [0.25, 0.3) is 0 Å². The van der Waals surface area contributed by atoms with Gasteiger partial charge in [-0.2, -0.15) is 0 Å². The van der Waals surface area contributed by atoms with Gasteiger partial charge in [-0.05, 0) is 31.9 Å². The number of benzene rings is 1. The zero-order chi connectivity index (χ0) is 18.8. The lowest BCUT2D eigenvalue weighted by Crippen LogP contribution is -2.72. The maximum absolute atomic E-state index is 12.6. The third-order valence-electron chi connectivity index (χ3n) is 5.11. The van der Waals surface area contributed by atoms with Gasteiger partial charge >= 0.3 is 12.1 Å². The standard InChI is InChI=1S/C19H28N4O3/c1-4-9-20-18(25)22-10-15-17(13-7-5-6-8-14(13)22)16(11-24)23(15)19(26)21-12(2)3/h5-8,12,15-17,24H,4,9-11H2,1-3H3,(H,20,25)(H,21,26)/t15-,16-,17+/m0/s1. The predicted octanol–water partition coefficient (Wildman–Crippen LogP) is 1.87. The highest BCUT2D eigenvalue weighted by atomic mass is 16.3. The monoisotopic (exact) mass is 360 g/mol. The van der Waals surface area contributed by atoms with Gasteiger partial charge in [0.05, 0.1) is 18.7 Å². The van der Waals surface area contributed by atoms with E-state index in [1.165, 1.54) is 0 Å².